The van der Waals surface area contributed by atoms with Crippen molar-refractivity contribution in [3.8, 4) is 12.3 Å². The second kappa shape index (κ2) is 16.1. The molecule has 0 aliphatic heterocycles. The Morgan fingerprint density at radius 1 is 0.763 bits per heavy atom. The molecule has 0 aliphatic rings. The Balaban J connectivity index is 3.45. The average Bonchev–Trinajstić information content (AvgIpc) is 2.90. The lowest BCUT2D eigenvalue weighted by molar-refractivity contribution is -0.173. The molecule has 0 heterocycles. The fourth-order valence-electron chi connectivity index (χ4n) is 3.89. The maximum absolute atomic E-state index is 13.3. The van der Waals surface area contributed by atoms with E-state index >= 15 is 0 Å². The summed E-state index contributed by atoms with van der Waals surface area (Å²) in [7, 11) is 0. The number of terminal acetylenes is 1. The van der Waals surface area contributed by atoms with Gasteiger partial charge < -0.3 is 18.9 Å². The summed E-state index contributed by atoms with van der Waals surface area (Å²) in [5.74, 6) is -0.764. The number of benzene rings is 1. The minimum atomic E-state index is -1.76. The van der Waals surface area contributed by atoms with E-state index in [1.165, 1.54) is 12.2 Å². The smallest absolute Gasteiger partial charge is 0.324 e. The van der Waals surface area contributed by atoms with E-state index in [0.29, 0.717) is 5.57 Å². The van der Waals surface area contributed by atoms with Gasteiger partial charge in [0.05, 0.1) is 26.4 Å². The lowest BCUT2D eigenvalue weighted by atomic mass is 9.76. The maximum atomic E-state index is 13.3. The topological polar surface area (TPSA) is 105 Å². The van der Waals surface area contributed by atoms with Gasteiger partial charge in [-0.1, -0.05) is 49.1 Å². The van der Waals surface area contributed by atoms with Crippen LogP contribution in [0.15, 0.2) is 49.1 Å². The van der Waals surface area contributed by atoms with Crippen molar-refractivity contribution in [3.05, 3.63) is 54.6 Å². The SMILES string of the molecule is C#CCC(C/C=C/CC(CC(=C)c1ccccc1)(C(=O)OCC)C(=O)OCC)(C(=O)OCC)C(=O)OCC. The Kier molecular flexibility index (Phi) is 13.6. The highest BCUT2D eigenvalue weighted by Gasteiger charge is 2.49. The second-order valence-corrected chi connectivity index (χ2v) is 8.45. The van der Waals surface area contributed by atoms with Gasteiger partial charge in [0.1, 0.15) is 0 Å². The molecular formula is C30H38O8. The molecule has 0 N–H and O–H groups in total. The first-order chi connectivity index (χ1) is 18.2. The number of carbonyl (C=O) groups excluding carboxylic acids is 4. The van der Waals surface area contributed by atoms with E-state index in [1.807, 2.05) is 30.3 Å². The number of ether oxygens (including phenoxy) is 4. The van der Waals surface area contributed by atoms with Gasteiger partial charge in [-0.2, -0.15) is 0 Å². The molecule has 0 fully saturated rings. The van der Waals surface area contributed by atoms with Crippen LogP contribution in [0, 0.1) is 23.2 Å². The van der Waals surface area contributed by atoms with Crippen molar-refractivity contribution in [2.75, 3.05) is 26.4 Å². The summed E-state index contributed by atoms with van der Waals surface area (Å²) in [5, 5.41) is 0. The molecule has 0 unspecified atom stereocenters. The third-order valence-electron chi connectivity index (χ3n) is 5.87. The Morgan fingerprint density at radius 2 is 1.16 bits per heavy atom. The van der Waals surface area contributed by atoms with E-state index in [9.17, 15) is 19.2 Å². The third kappa shape index (κ3) is 8.07. The van der Waals surface area contributed by atoms with E-state index in [0.717, 1.165) is 5.56 Å². The van der Waals surface area contributed by atoms with Crippen LogP contribution in [0.25, 0.3) is 5.57 Å². The zero-order chi connectivity index (χ0) is 28.6. The van der Waals surface area contributed by atoms with Crippen molar-refractivity contribution in [2.45, 2.75) is 53.4 Å². The monoisotopic (exact) mass is 526 g/mol. The first-order valence-corrected chi connectivity index (χ1v) is 12.7. The fraction of sp³-hybridized carbons (Fsp3) is 0.467. The van der Waals surface area contributed by atoms with Crippen molar-refractivity contribution in [2.24, 2.45) is 10.8 Å². The van der Waals surface area contributed by atoms with Crippen LogP contribution < -0.4 is 0 Å². The van der Waals surface area contributed by atoms with Gasteiger partial charge in [-0.3, -0.25) is 19.2 Å². The molecule has 0 saturated carbocycles. The number of hydrogen-bond donors (Lipinski definition) is 0. The van der Waals surface area contributed by atoms with Crippen LogP contribution in [0.5, 0.6) is 0 Å². The van der Waals surface area contributed by atoms with Crippen LogP contribution in [-0.4, -0.2) is 50.3 Å². The van der Waals surface area contributed by atoms with Crippen LogP contribution in [0.1, 0.15) is 58.9 Å². The van der Waals surface area contributed by atoms with Crippen molar-refractivity contribution in [1.29, 1.82) is 0 Å². The summed E-state index contributed by atoms with van der Waals surface area (Å²) < 4.78 is 20.9. The standard InChI is InChI=1S/C30H38O8/c1-7-19-29(25(31)35-8-2,26(32)36-9-3)20-15-16-21-30(27(33)37-10-4,28(34)38-11-5)22-23(6)24-17-13-12-14-18-24/h1,12-18H,6,8-11,19-22H2,2-5H3/b16-15+. The number of hydrogen-bond acceptors (Lipinski definition) is 8. The van der Waals surface area contributed by atoms with Crippen LogP contribution in [-0.2, 0) is 38.1 Å². The molecule has 1 aromatic rings. The quantitative estimate of drug-likeness (QED) is 0.101. The van der Waals surface area contributed by atoms with Gasteiger partial charge in [0.25, 0.3) is 0 Å². The predicted octanol–water partition coefficient (Wildman–Crippen LogP) is 4.67. The van der Waals surface area contributed by atoms with Gasteiger partial charge in [-0.25, -0.2) is 0 Å². The van der Waals surface area contributed by atoms with Crippen LogP contribution in [0.4, 0.5) is 0 Å². The first-order valence-electron chi connectivity index (χ1n) is 12.7. The Labute approximate surface area is 225 Å². The maximum Gasteiger partial charge on any atom is 0.324 e. The van der Waals surface area contributed by atoms with Gasteiger partial charge >= 0.3 is 23.9 Å². The predicted molar refractivity (Wildman–Crippen MR) is 143 cm³/mol. The molecule has 8 heteroatoms. The highest BCUT2D eigenvalue weighted by atomic mass is 16.6. The zero-order valence-electron chi connectivity index (χ0n) is 22.7. The van der Waals surface area contributed by atoms with E-state index in [-0.39, 0.29) is 52.1 Å². The molecule has 0 bridgehead atoms. The second-order valence-electron chi connectivity index (χ2n) is 8.45. The summed E-state index contributed by atoms with van der Waals surface area (Å²) in [6, 6.07) is 9.15. The van der Waals surface area contributed by atoms with Gasteiger partial charge in [0.15, 0.2) is 10.8 Å². The minimum absolute atomic E-state index is 0.0463. The summed E-state index contributed by atoms with van der Waals surface area (Å²) in [6.07, 6.45) is 7.94. The lowest BCUT2D eigenvalue weighted by Gasteiger charge is -2.29. The van der Waals surface area contributed by atoms with Crippen molar-refractivity contribution >= 4 is 29.5 Å². The summed E-state index contributed by atoms with van der Waals surface area (Å²) in [4.78, 5) is 52.2. The van der Waals surface area contributed by atoms with Crippen molar-refractivity contribution < 1.29 is 38.1 Å². The van der Waals surface area contributed by atoms with Gasteiger partial charge in [0, 0.05) is 6.42 Å². The molecule has 38 heavy (non-hydrogen) atoms. The van der Waals surface area contributed by atoms with E-state index < -0.39 is 34.7 Å². The molecule has 0 saturated heterocycles. The molecule has 0 aromatic heterocycles. The van der Waals surface area contributed by atoms with Crippen LogP contribution in [0.3, 0.4) is 0 Å². The first kappa shape index (κ1) is 32.2. The van der Waals surface area contributed by atoms with E-state index in [4.69, 9.17) is 25.4 Å². The van der Waals surface area contributed by atoms with E-state index in [1.54, 1.807) is 27.7 Å². The summed E-state index contributed by atoms with van der Waals surface area (Å²) >= 11 is 0. The molecule has 206 valence electrons. The molecule has 0 aliphatic carbocycles. The minimum Gasteiger partial charge on any atom is -0.465 e. The van der Waals surface area contributed by atoms with Crippen molar-refractivity contribution in [3.63, 3.8) is 0 Å². The Hall–Kier alpha value is -3.86. The summed E-state index contributed by atoms with van der Waals surface area (Å²) in [5.41, 5.74) is -2.20. The molecule has 1 aromatic carbocycles. The van der Waals surface area contributed by atoms with Gasteiger partial charge in [-0.15, -0.1) is 12.3 Å². The van der Waals surface area contributed by atoms with Crippen molar-refractivity contribution in [1.82, 2.24) is 0 Å². The molecule has 0 atom stereocenters. The molecule has 0 spiro atoms. The number of allylic oxidation sites excluding steroid dienone is 3. The molecule has 0 amide bonds. The van der Waals surface area contributed by atoms with Crippen LogP contribution >= 0.6 is 0 Å². The Morgan fingerprint density at radius 3 is 1.55 bits per heavy atom. The van der Waals surface area contributed by atoms with E-state index in [2.05, 4.69) is 12.5 Å². The van der Waals surface area contributed by atoms with Crippen LogP contribution in [0.2, 0.25) is 0 Å². The average molecular weight is 527 g/mol. The van der Waals surface area contributed by atoms with Gasteiger partial charge in [0.2, 0.25) is 0 Å². The lowest BCUT2D eigenvalue weighted by Crippen LogP contribution is -2.42. The number of carbonyl (C=O) groups is 4. The normalized spacial score (nSPS) is 11.3. The summed E-state index contributed by atoms with van der Waals surface area (Å²) in [6.45, 7) is 10.8. The molecule has 8 nitrogen and oxygen atoms in total. The molecule has 0 radical (unpaired) electrons. The highest BCUT2D eigenvalue weighted by molar-refractivity contribution is 6.02. The number of esters is 4. The Bertz CT molecular complexity index is 996. The number of rotatable bonds is 16. The third-order valence-corrected chi connectivity index (χ3v) is 5.87. The molecule has 1 rings (SSSR count). The zero-order valence-corrected chi connectivity index (χ0v) is 22.7. The fourth-order valence-corrected chi connectivity index (χ4v) is 3.89. The van der Waals surface area contributed by atoms with Gasteiger partial charge in [-0.05, 0) is 58.1 Å². The largest absolute Gasteiger partial charge is 0.465 e. The molecular weight excluding hydrogens is 488 g/mol. The highest BCUT2D eigenvalue weighted by Crippen LogP contribution is 2.38.